The monoisotopic (exact) mass is 237 g/mol. The number of aliphatic carboxylic acids is 1. The van der Waals surface area contributed by atoms with Gasteiger partial charge in [0.2, 0.25) is 0 Å². The van der Waals surface area contributed by atoms with Crippen molar-refractivity contribution in [3.05, 3.63) is 35.6 Å². The normalized spacial score (nSPS) is 12.1. The summed E-state index contributed by atoms with van der Waals surface area (Å²) in [5.41, 5.74) is 1.15. The molecule has 92 valence electrons. The Hall–Kier alpha value is -1.71. The van der Waals surface area contributed by atoms with Crippen molar-refractivity contribution in [2.45, 2.75) is 32.1 Å². The third-order valence-corrected chi connectivity index (χ3v) is 2.69. The Bertz CT molecular complexity index is 400. The smallest absolute Gasteiger partial charge is 0.309 e. The quantitative estimate of drug-likeness (QED) is 0.746. The van der Waals surface area contributed by atoms with Crippen molar-refractivity contribution in [3.8, 4) is 0 Å². The van der Waals surface area contributed by atoms with E-state index in [4.69, 9.17) is 10.5 Å². The number of hydrogen-bond acceptors (Lipinski definition) is 2. The summed E-state index contributed by atoms with van der Waals surface area (Å²) < 4.78 is 12.8. The molecule has 3 nitrogen and oxygen atoms in total. The summed E-state index contributed by atoms with van der Waals surface area (Å²) in [5.74, 6) is -1.18. The Balaban J connectivity index is 2.68. The molecule has 1 aromatic rings. The van der Waals surface area contributed by atoms with Crippen LogP contribution in [0.15, 0.2) is 24.3 Å². The minimum atomic E-state index is -0.982. The predicted molar refractivity (Wildman–Crippen MR) is 64.0 cm³/mol. The Morgan fingerprint density at radius 1 is 1.41 bits per heavy atom. The highest BCUT2D eigenvalue weighted by Gasteiger charge is 2.13. The van der Waals surface area contributed by atoms with Crippen LogP contribution in [0.2, 0.25) is 0 Å². The van der Waals surface area contributed by atoms with Crippen LogP contribution in [0.1, 0.15) is 37.7 Å². The van der Waals surface area contributed by atoms with Gasteiger partial charge in [-0.25, -0.2) is 4.39 Å². The molecule has 0 spiro atoms. The first kappa shape index (κ1) is 13.4. The Morgan fingerprint density at radius 2 is 2.00 bits per heavy atom. The van der Waals surface area contributed by atoms with E-state index in [1.54, 1.807) is 12.1 Å². The summed E-state index contributed by atoms with van der Waals surface area (Å²) in [6.07, 6.45) is 0.986. The summed E-state index contributed by atoms with van der Waals surface area (Å²) in [7, 11) is 0. The van der Waals surface area contributed by atoms with E-state index in [1.807, 2.05) is 6.92 Å². The number of benzene rings is 1. The summed E-state index contributed by atoms with van der Waals surface area (Å²) in [6, 6.07) is 6.16. The van der Waals surface area contributed by atoms with Crippen LogP contribution < -0.4 is 0 Å². The van der Waals surface area contributed by atoms with Gasteiger partial charge in [0.05, 0.1) is 6.42 Å². The lowest BCUT2D eigenvalue weighted by Gasteiger charge is -2.15. The average molecular weight is 237 g/mol. The second kappa shape index (κ2) is 6.13. The molecule has 0 bridgehead atoms. The van der Waals surface area contributed by atoms with Crippen LogP contribution in [0.5, 0.6) is 0 Å². The van der Waals surface area contributed by atoms with E-state index < -0.39 is 5.97 Å². The summed E-state index contributed by atoms with van der Waals surface area (Å²) in [6.45, 7) is 1.97. The molecule has 0 aliphatic carbocycles. The Kier molecular flexibility index (Phi) is 4.82. The second-order valence-corrected chi connectivity index (χ2v) is 4.03. The van der Waals surface area contributed by atoms with Crippen LogP contribution >= 0.6 is 0 Å². The lowest BCUT2D eigenvalue weighted by atomic mass is 9.90. The molecule has 17 heavy (non-hydrogen) atoms. The van der Waals surface area contributed by atoms with Crippen LogP contribution in [-0.2, 0) is 4.79 Å². The highest BCUT2D eigenvalue weighted by Crippen LogP contribution is 2.24. The van der Waals surface area contributed by atoms with Crippen LogP contribution in [0, 0.1) is 11.2 Å². The van der Waals surface area contributed by atoms with Crippen molar-refractivity contribution in [3.63, 3.8) is 0 Å². The van der Waals surface area contributed by atoms with Gasteiger partial charge in [-0.1, -0.05) is 19.1 Å². The van der Waals surface area contributed by atoms with Gasteiger partial charge in [-0.2, -0.15) is 0 Å². The summed E-state index contributed by atoms with van der Waals surface area (Å²) in [4.78, 5) is 10.5. The van der Waals surface area contributed by atoms with Crippen molar-refractivity contribution < 1.29 is 14.3 Å². The van der Waals surface area contributed by atoms with Gasteiger partial charge in [0.1, 0.15) is 5.82 Å². The first-order valence-corrected chi connectivity index (χ1v) is 5.56. The number of carboxylic acid groups (broad SMARTS) is 1. The second-order valence-electron chi connectivity index (χ2n) is 4.03. The van der Waals surface area contributed by atoms with Crippen LogP contribution in [0.25, 0.3) is 0 Å². The molecular weight excluding hydrogens is 221 g/mol. The number of carbonyl (C=O) groups is 1. The van der Waals surface area contributed by atoms with E-state index in [0.717, 1.165) is 12.0 Å². The number of carboxylic acids is 1. The highest BCUT2D eigenvalue weighted by molar-refractivity contribution is 5.96. The van der Waals surface area contributed by atoms with Gasteiger partial charge < -0.3 is 10.5 Å². The molecule has 0 saturated heterocycles. The average Bonchev–Trinajstić information content (AvgIpc) is 2.26. The number of hydrogen-bond donors (Lipinski definition) is 2. The Labute approximate surface area is 99.8 Å². The van der Waals surface area contributed by atoms with Gasteiger partial charge in [-0.3, -0.25) is 4.79 Å². The molecule has 0 radical (unpaired) electrons. The van der Waals surface area contributed by atoms with Gasteiger partial charge in [-0.15, -0.1) is 0 Å². The van der Waals surface area contributed by atoms with E-state index in [2.05, 4.69) is 0 Å². The van der Waals surface area contributed by atoms with Crippen molar-refractivity contribution in [2.75, 3.05) is 0 Å². The van der Waals surface area contributed by atoms with E-state index in [0.29, 0.717) is 6.42 Å². The number of rotatable bonds is 6. The minimum Gasteiger partial charge on any atom is -0.481 e. The topological polar surface area (TPSA) is 61.2 Å². The lowest BCUT2D eigenvalue weighted by Crippen LogP contribution is -2.10. The molecule has 0 aromatic heterocycles. The molecule has 1 aromatic carbocycles. The molecule has 0 amide bonds. The fourth-order valence-electron chi connectivity index (χ4n) is 1.78. The van der Waals surface area contributed by atoms with E-state index in [9.17, 15) is 9.18 Å². The number of halogens is 1. The van der Waals surface area contributed by atoms with Crippen molar-refractivity contribution in [2.24, 2.45) is 0 Å². The molecule has 0 aliphatic rings. The maximum atomic E-state index is 12.8. The van der Waals surface area contributed by atoms with E-state index in [-0.39, 0.29) is 23.9 Å². The van der Waals surface area contributed by atoms with E-state index in [1.165, 1.54) is 12.1 Å². The zero-order valence-electron chi connectivity index (χ0n) is 9.74. The van der Waals surface area contributed by atoms with Gasteiger partial charge >= 0.3 is 5.97 Å². The highest BCUT2D eigenvalue weighted by atomic mass is 19.1. The van der Waals surface area contributed by atoms with E-state index >= 15 is 0 Å². The molecule has 0 saturated carbocycles. The third-order valence-electron chi connectivity index (χ3n) is 2.69. The van der Waals surface area contributed by atoms with Gasteiger partial charge in [0.15, 0.2) is 0 Å². The fraction of sp³-hybridized carbons (Fsp3) is 0.385. The molecule has 0 heterocycles. The van der Waals surface area contributed by atoms with Crippen molar-refractivity contribution in [1.82, 2.24) is 0 Å². The van der Waals surface area contributed by atoms with Gasteiger partial charge in [0, 0.05) is 5.71 Å². The van der Waals surface area contributed by atoms with Crippen molar-refractivity contribution in [1.29, 1.82) is 5.41 Å². The molecule has 4 heteroatoms. The van der Waals surface area contributed by atoms with Gasteiger partial charge in [-0.05, 0) is 36.5 Å². The molecule has 2 N–H and O–H groups in total. The largest absolute Gasteiger partial charge is 0.481 e. The van der Waals surface area contributed by atoms with Crippen LogP contribution in [-0.4, -0.2) is 16.8 Å². The van der Waals surface area contributed by atoms with Crippen molar-refractivity contribution >= 4 is 11.7 Å². The minimum absolute atomic E-state index is 0.0856. The Morgan fingerprint density at radius 3 is 2.47 bits per heavy atom. The predicted octanol–water partition coefficient (Wildman–Crippen LogP) is 3.20. The van der Waals surface area contributed by atoms with Crippen LogP contribution in [0.4, 0.5) is 4.39 Å². The molecule has 1 unspecified atom stereocenters. The molecule has 0 aliphatic heterocycles. The standard InChI is InChI=1S/C13H16FNO2/c1-2-9(7-12(15)8-13(16)17)10-3-5-11(14)6-4-10/h3-6,9,15H,2,7-8H2,1H3,(H,16,17). The summed E-state index contributed by atoms with van der Waals surface area (Å²) in [5, 5.41) is 16.2. The maximum absolute atomic E-state index is 12.8. The first-order valence-electron chi connectivity index (χ1n) is 5.56. The first-order chi connectivity index (χ1) is 8.02. The maximum Gasteiger partial charge on any atom is 0.309 e. The molecular formula is C13H16FNO2. The SMILES string of the molecule is CCC(CC(=N)CC(=O)O)c1ccc(F)cc1. The molecule has 1 rings (SSSR count). The molecule has 1 atom stereocenters. The lowest BCUT2D eigenvalue weighted by molar-refractivity contribution is -0.135. The zero-order valence-corrected chi connectivity index (χ0v) is 9.74. The third kappa shape index (κ3) is 4.34. The summed E-state index contributed by atoms with van der Waals surface area (Å²) >= 11 is 0. The number of nitrogens with one attached hydrogen (secondary N) is 1. The zero-order chi connectivity index (χ0) is 12.8. The van der Waals surface area contributed by atoms with Crippen LogP contribution in [0.3, 0.4) is 0 Å². The molecule has 0 fully saturated rings. The fourth-order valence-corrected chi connectivity index (χ4v) is 1.78. The van der Waals surface area contributed by atoms with Gasteiger partial charge in [0.25, 0.3) is 0 Å².